The minimum Gasteiger partial charge on any atom is -0.598 e. The van der Waals surface area contributed by atoms with Crippen molar-refractivity contribution in [3.05, 3.63) is 5.21 Å². The molecule has 0 saturated carbocycles. The largest absolute Gasteiger partial charge is 0.598 e. The molecule has 9 heteroatoms. The Balaban J connectivity index is 1.86. The lowest BCUT2D eigenvalue weighted by molar-refractivity contribution is -1.07. The topological polar surface area (TPSA) is 109 Å². The van der Waals surface area contributed by atoms with Gasteiger partial charge in [0.1, 0.15) is 19.8 Å². The highest BCUT2D eigenvalue weighted by atomic mass is 17.0. The first-order chi connectivity index (χ1) is 9.17. The fourth-order valence-corrected chi connectivity index (χ4v) is 1.42. The second kappa shape index (κ2) is 6.57. The molecule has 0 spiro atoms. The van der Waals surface area contributed by atoms with Gasteiger partial charge >= 0.3 is 0 Å². The van der Waals surface area contributed by atoms with Crippen molar-refractivity contribution in [1.82, 2.24) is 5.32 Å². The van der Waals surface area contributed by atoms with Crippen LogP contribution < -0.4 is 10.5 Å². The molecule has 0 bridgehead atoms. The molecule has 0 aromatic rings. The highest BCUT2D eigenvalue weighted by Crippen LogP contribution is 2.26. The van der Waals surface area contributed by atoms with Gasteiger partial charge in [0.2, 0.25) is 6.41 Å². The van der Waals surface area contributed by atoms with E-state index in [0.717, 1.165) is 0 Å². The van der Waals surface area contributed by atoms with Crippen LogP contribution >= 0.6 is 0 Å². The lowest BCUT2D eigenvalue weighted by Crippen LogP contribution is -3.09. The molecular formula is C10H18N2O7. The molecule has 4 unspecified atom stereocenters. The zero-order valence-electron chi connectivity index (χ0n) is 10.6. The number of quaternary nitrogens is 1. The van der Waals surface area contributed by atoms with Crippen molar-refractivity contribution in [3.63, 3.8) is 0 Å². The van der Waals surface area contributed by atoms with Crippen molar-refractivity contribution in [2.24, 2.45) is 0 Å². The Bertz CT molecular complexity index is 298. The molecule has 2 aliphatic heterocycles. The predicted octanol–water partition coefficient (Wildman–Crippen LogP) is -2.14. The van der Waals surface area contributed by atoms with Crippen molar-refractivity contribution in [2.75, 3.05) is 26.5 Å². The lowest BCUT2D eigenvalue weighted by atomic mass is 10.2. The second-order valence-electron chi connectivity index (χ2n) is 4.19. The smallest absolute Gasteiger partial charge is 0.251 e. The summed E-state index contributed by atoms with van der Waals surface area (Å²) in [6, 6.07) is 0. The molecule has 2 rings (SSSR count). The molecule has 0 radical (unpaired) electrons. The third kappa shape index (κ3) is 4.99. The fourth-order valence-electron chi connectivity index (χ4n) is 1.42. The van der Waals surface area contributed by atoms with E-state index in [0.29, 0.717) is 26.0 Å². The van der Waals surface area contributed by atoms with E-state index in [2.05, 4.69) is 5.32 Å². The van der Waals surface area contributed by atoms with Gasteiger partial charge in [0.05, 0.1) is 0 Å². The lowest BCUT2D eigenvalue weighted by Gasteiger charge is -2.34. The van der Waals surface area contributed by atoms with Crippen molar-refractivity contribution < 1.29 is 33.8 Å². The van der Waals surface area contributed by atoms with Crippen molar-refractivity contribution >= 4 is 6.41 Å². The zero-order valence-corrected chi connectivity index (χ0v) is 10.6. The second-order valence-corrected chi connectivity index (χ2v) is 4.19. The fraction of sp³-hybridized carbons (Fsp3) is 0.900. The van der Waals surface area contributed by atoms with Gasteiger partial charge in [-0.2, -0.15) is 4.84 Å². The van der Waals surface area contributed by atoms with Gasteiger partial charge in [0, 0.05) is 6.42 Å². The van der Waals surface area contributed by atoms with Gasteiger partial charge in [0.15, 0.2) is 19.2 Å². The minimum atomic E-state index is -1.21. The molecule has 4 atom stereocenters. The van der Waals surface area contributed by atoms with Gasteiger partial charge < -0.3 is 29.5 Å². The SMILES string of the molecule is CCC(COC1CO1)(OC1CO1)O[NH+]([O-])CNC=O. The number of hydrogen-bond donors (Lipinski definition) is 2. The van der Waals surface area contributed by atoms with Crippen molar-refractivity contribution in [2.45, 2.75) is 31.7 Å². The Labute approximate surface area is 110 Å². The van der Waals surface area contributed by atoms with Crippen molar-refractivity contribution in [3.8, 4) is 0 Å². The van der Waals surface area contributed by atoms with E-state index < -0.39 is 11.0 Å². The Kier molecular flexibility index (Phi) is 5.05. The van der Waals surface area contributed by atoms with Crippen LogP contribution in [-0.4, -0.2) is 51.3 Å². The van der Waals surface area contributed by atoms with E-state index in [1.807, 2.05) is 0 Å². The standard InChI is InChI=1S/C10H18N2O7/c1-2-10(18-9-4-16-9,5-17-8-3-15-8)19-12(14)6-11-7-13/h7-9,12H,2-6H2,1H3,(H,11,13). The molecular weight excluding hydrogens is 260 g/mol. The van der Waals surface area contributed by atoms with Crippen LogP contribution in [0.1, 0.15) is 13.3 Å². The quantitative estimate of drug-likeness (QED) is 0.192. The number of ether oxygens (including phenoxy) is 4. The van der Waals surface area contributed by atoms with E-state index in [-0.39, 0.29) is 25.9 Å². The van der Waals surface area contributed by atoms with Crippen LogP contribution in [0.2, 0.25) is 0 Å². The first-order valence-corrected chi connectivity index (χ1v) is 6.09. The van der Waals surface area contributed by atoms with Crippen LogP contribution in [0, 0.1) is 5.21 Å². The highest BCUT2D eigenvalue weighted by molar-refractivity contribution is 5.45. The van der Waals surface area contributed by atoms with Gasteiger partial charge in [-0.15, -0.1) is 0 Å². The van der Waals surface area contributed by atoms with Crippen LogP contribution in [-0.2, 0) is 28.6 Å². The number of rotatable bonds is 11. The maximum atomic E-state index is 11.6. The van der Waals surface area contributed by atoms with Gasteiger partial charge in [-0.25, -0.2) is 5.23 Å². The molecule has 2 aliphatic rings. The Morgan fingerprint density at radius 1 is 1.47 bits per heavy atom. The summed E-state index contributed by atoms with van der Waals surface area (Å²) in [5.41, 5.74) is 0. The third-order valence-corrected chi connectivity index (χ3v) is 2.61. The third-order valence-electron chi connectivity index (χ3n) is 2.61. The number of hydroxylamine groups is 2. The highest BCUT2D eigenvalue weighted by Gasteiger charge is 2.43. The van der Waals surface area contributed by atoms with Crippen LogP contribution in [0.3, 0.4) is 0 Å². The number of hydrogen-bond acceptors (Lipinski definition) is 7. The molecule has 0 aromatic carbocycles. The zero-order chi connectivity index (χ0) is 13.7. The predicted molar refractivity (Wildman–Crippen MR) is 59.0 cm³/mol. The monoisotopic (exact) mass is 278 g/mol. The summed E-state index contributed by atoms with van der Waals surface area (Å²) in [6.07, 6.45) is 0.178. The number of epoxide rings is 2. The van der Waals surface area contributed by atoms with Gasteiger partial charge in [-0.3, -0.25) is 4.79 Å². The Hall–Kier alpha value is -0.810. The summed E-state index contributed by atoms with van der Waals surface area (Å²) < 4.78 is 20.8. The number of nitrogens with one attached hydrogen (secondary N) is 2. The number of carbonyl (C=O) groups excluding carboxylic acids is 1. The van der Waals surface area contributed by atoms with E-state index in [4.69, 9.17) is 23.8 Å². The van der Waals surface area contributed by atoms with Crippen molar-refractivity contribution in [1.29, 1.82) is 0 Å². The van der Waals surface area contributed by atoms with Gasteiger partial charge in [0.25, 0.3) is 5.79 Å². The average molecular weight is 278 g/mol. The molecule has 1 amide bonds. The van der Waals surface area contributed by atoms with E-state index in [1.165, 1.54) is 0 Å². The molecule has 2 fully saturated rings. The van der Waals surface area contributed by atoms with Crippen LogP contribution in [0.15, 0.2) is 0 Å². The van der Waals surface area contributed by atoms with E-state index >= 15 is 0 Å². The number of carbonyl (C=O) groups is 1. The normalized spacial score (nSPS) is 29.4. The summed E-state index contributed by atoms with van der Waals surface area (Å²) in [6.45, 7) is 2.63. The summed E-state index contributed by atoms with van der Waals surface area (Å²) in [5.74, 6) is -1.21. The number of amides is 1. The summed E-state index contributed by atoms with van der Waals surface area (Å²) in [4.78, 5) is 15.4. The van der Waals surface area contributed by atoms with Gasteiger partial charge in [-0.05, 0) is 0 Å². The first-order valence-electron chi connectivity index (χ1n) is 6.09. The molecule has 19 heavy (non-hydrogen) atoms. The molecule has 2 saturated heterocycles. The first kappa shape index (κ1) is 14.6. The van der Waals surface area contributed by atoms with Crippen LogP contribution in [0.5, 0.6) is 0 Å². The maximum Gasteiger partial charge on any atom is 0.251 e. The molecule has 0 aliphatic carbocycles. The van der Waals surface area contributed by atoms with E-state index in [9.17, 15) is 10.0 Å². The molecule has 9 nitrogen and oxygen atoms in total. The summed E-state index contributed by atoms with van der Waals surface area (Å²) in [7, 11) is 0. The van der Waals surface area contributed by atoms with E-state index in [1.54, 1.807) is 6.92 Å². The Morgan fingerprint density at radius 2 is 2.16 bits per heavy atom. The summed E-state index contributed by atoms with van der Waals surface area (Å²) in [5, 5.41) is 13.2. The Morgan fingerprint density at radius 3 is 2.68 bits per heavy atom. The molecule has 110 valence electrons. The molecule has 2 heterocycles. The average Bonchev–Trinajstić information content (AvgIpc) is 3.27. The molecule has 0 aromatic heterocycles. The van der Waals surface area contributed by atoms with Crippen LogP contribution in [0.4, 0.5) is 0 Å². The maximum absolute atomic E-state index is 11.6. The summed E-state index contributed by atoms with van der Waals surface area (Å²) >= 11 is 0. The van der Waals surface area contributed by atoms with Gasteiger partial charge in [-0.1, -0.05) is 6.92 Å². The molecule has 2 N–H and O–H groups in total. The minimum absolute atomic E-state index is 0.0564. The van der Waals surface area contributed by atoms with Crippen LogP contribution in [0.25, 0.3) is 0 Å².